The Morgan fingerprint density at radius 2 is 2.05 bits per heavy atom. The van der Waals surface area contributed by atoms with Crippen molar-refractivity contribution in [2.75, 3.05) is 47.0 Å². The van der Waals surface area contributed by atoms with E-state index in [2.05, 4.69) is 44.7 Å². The molecule has 200 valence electrons. The van der Waals surface area contributed by atoms with Crippen LogP contribution in [-0.2, 0) is 0 Å². The van der Waals surface area contributed by atoms with E-state index in [1.54, 1.807) is 25.1 Å². The van der Waals surface area contributed by atoms with Gasteiger partial charge in [-0.1, -0.05) is 31.4 Å². The molecule has 1 saturated heterocycles. The number of aromatic nitrogens is 1. The standard InChI is InChI=1S/C28H41N7OS/c1-4-5-15-35(20-21(2)36)27-8-6-7-23(31-27)25(32-29)19-30-24-10-9-22(33-37-3)18-26(24)34-16-13-28(11-12-28)14-17-34/h6-10,18-19,21,33,36H,4-5,11-17,20,29H2,1-3H3/b30-19?,32-25+. The molecule has 1 aromatic carbocycles. The zero-order valence-corrected chi connectivity index (χ0v) is 23.2. The van der Waals surface area contributed by atoms with E-state index in [0.29, 0.717) is 23.4 Å². The van der Waals surface area contributed by atoms with Crippen LogP contribution in [0.4, 0.5) is 22.9 Å². The van der Waals surface area contributed by atoms with Gasteiger partial charge >= 0.3 is 0 Å². The van der Waals surface area contributed by atoms with Gasteiger partial charge in [-0.3, -0.25) is 4.99 Å². The summed E-state index contributed by atoms with van der Waals surface area (Å²) in [6, 6.07) is 12.1. The second kappa shape index (κ2) is 12.6. The predicted molar refractivity (Wildman–Crippen MR) is 159 cm³/mol. The lowest BCUT2D eigenvalue weighted by Gasteiger charge is -2.34. The number of pyridine rings is 1. The molecular weight excluding hydrogens is 482 g/mol. The number of nitrogens with zero attached hydrogens (tertiary/aromatic N) is 5. The van der Waals surface area contributed by atoms with Crippen molar-refractivity contribution in [1.82, 2.24) is 4.98 Å². The maximum atomic E-state index is 9.99. The lowest BCUT2D eigenvalue weighted by Crippen LogP contribution is -2.34. The number of nitrogens with one attached hydrogen (secondary N) is 1. The Bertz CT molecular complexity index is 1090. The third-order valence-electron chi connectivity index (χ3n) is 7.37. The van der Waals surface area contributed by atoms with Gasteiger partial charge in [-0.15, -0.1) is 0 Å². The average molecular weight is 524 g/mol. The van der Waals surface area contributed by atoms with Gasteiger partial charge < -0.3 is 25.5 Å². The van der Waals surface area contributed by atoms with Crippen LogP contribution >= 0.6 is 11.9 Å². The van der Waals surface area contributed by atoms with Gasteiger partial charge in [0.2, 0.25) is 0 Å². The Kier molecular flexibility index (Phi) is 9.32. The Labute approximate surface area is 225 Å². The van der Waals surface area contributed by atoms with Crippen LogP contribution in [0, 0.1) is 5.41 Å². The predicted octanol–water partition coefficient (Wildman–Crippen LogP) is 5.20. The number of nitrogens with two attached hydrogens (primary N) is 1. The van der Waals surface area contributed by atoms with Crippen LogP contribution in [-0.4, -0.2) is 60.6 Å². The lowest BCUT2D eigenvalue weighted by atomic mass is 9.93. The minimum Gasteiger partial charge on any atom is -0.392 e. The van der Waals surface area contributed by atoms with Gasteiger partial charge in [-0.25, -0.2) is 4.98 Å². The fourth-order valence-electron chi connectivity index (χ4n) is 4.97. The Morgan fingerprint density at radius 3 is 2.70 bits per heavy atom. The van der Waals surface area contributed by atoms with Gasteiger partial charge in [0.15, 0.2) is 0 Å². The summed E-state index contributed by atoms with van der Waals surface area (Å²) in [5.41, 5.74) is 4.89. The minimum atomic E-state index is -0.446. The lowest BCUT2D eigenvalue weighted by molar-refractivity contribution is 0.199. The van der Waals surface area contributed by atoms with Crippen LogP contribution in [0.5, 0.6) is 0 Å². The Balaban J connectivity index is 1.57. The maximum Gasteiger partial charge on any atom is 0.129 e. The number of hydrazone groups is 1. The SMILES string of the molecule is CCCCN(CC(C)O)c1cccc(/C(C=Nc2ccc(NSC)cc2N2CCC3(CC2)CC3)=N/N)n1. The van der Waals surface area contributed by atoms with Crippen molar-refractivity contribution in [3.8, 4) is 0 Å². The van der Waals surface area contributed by atoms with Crippen molar-refractivity contribution in [2.45, 2.75) is 58.5 Å². The van der Waals surface area contributed by atoms with Crippen LogP contribution in [0.15, 0.2) is 46.5 Å². The van der Waals surface area contributed by atoms with Crippen LogP contribution in [0.1, 0.15) is 58.1 Å². The van der Waals surface area contributed by atoms with Crippen LogP contribution in [0.25, 0.3) is 0 Å². The summed E-state index contributed by atoms with van der Waals surface area (Å²) in [5, 5.41) is 14.0. The second-order valence-corrected chi connectivity index (χ2v) is 10.9. The number of hydrogen-bond acceptors (Lipinski definition) is 9. The molecule has 2 heterocycles. The zero-order valence-electron chi connectivity index (χ0n) is 22.4. The molecule has 1 aliphatic heterocycles. The summed E-state index contributed by atoms with van der Waals surface area (Å²) in [5.74, 6) is 6.62. The summed E-state index contributed by atoms with van der Waals surface area (Å²) in [6.45, 7) is 7.43. The van der Waals surface area contributed by atoms with E-state index in [-0.39, 0.29) is 0 Å². The number of rotatable bonds is 12. The molecule has 2 aliphatic rings. The molecule has 1 saturated carbocycles. The highest BCUT2D eigenvalue weighted by atomic mass is 32.2. The van der Waals surface area contributed by atoms with E-state index in [4.69, 9.17) is 15.8 Å². The summed E-state index contributed by atoms with van der Waals surface area (Å²) in [6.07, 6.45) is 10.7. The number of unbranched alkanes of at least 4 members (excludes halogenated alkanes) is 1. The number of aliphatic imine (C=N–C) groups is 1. The third-order valence-corrected chi connectivity index (χ3v) is 7.81. The first kappa shape index (κ1) is 27.3. The van der Waals surface area contributed by atoms with Crippen molar-refractivity contribution in [3.05, 3.63) is 42.1 Å². The summed E-state index contributed by atoms with van der Waals surface area (Å²) < 4.78 is 3.35. The number of piperidine rings is 1. The first-order valence-corrected chi connectivity index (χ1v) is 14.6. The van der Waals surface area contributed by atoms with Gasteiger partial charge in [-0.05, 0) is 74.8 Å². The molecule has 2 aromatic rings. The van der Waals surface area contributed by atoms with E-state index in [0.717, 1.165) is 55.4 Å². The number of aliphatic hydroxyl groups is 1. The van der Waals surface area contributed by atoms with Crippen molar-refractivity contribution < 1.29 is 5.11 Å². The quantitative estimate of drug-likeness (QED) is 0.152. The fraction of sp³-hybridized carbons (Fsp3) is 0.536. The number of hydrogen-bond donors (Lipinski definition) is 3. The Hall–Kier alpha value is -2.78. The molecule has 4 N–H and O–H groups in total. The monoisotopic (exact) mass is 523 g/mol. The minimum absolute atomic E-state index is 0.446. The second-order valence-electron chi connectivity index (χ2n) is 10.3. The van der Waals surface area contributed by atoms with Crippen LogP contribution in [0.2, 0.25) is 0 Å². The van der Waals surface area contributed by atoms with Gasteiger partial charge in [0.25, 0.3) is 0 Å². The first-order valence-electron chi connectivity index (χ1n) is 13.4. The smallest absolute Gasteiger partial charge is 0.129 e. The fourth-order valence-corrected chi connectivity index (χ4v) is 5.33. The molecule has 4 rings (SSSR count). The topological polar surface area (TPSA) is 102 Å². The highest BCUT2D eigenvalue weighted by Gasteiger charge is 2.44. The normalized spacial score (nSPS) is 17.8. The third kappa shape index (κ3) is 7.17. The van der Waals surface area contributed by atoms with E-state index in [1.807, 2.05) is 24.5 Å². The molecule has 0 radical (unpaired) electrons. The number of anilines is 3. The summed E-state index contributed by atoms with van der Waals surface area (Å²) >= 11 is 1.59. The first-order chi connectivity index (χ1) is 18.0. The molecule has 1 spiro atoms. The van der Waals surface area contributed by atoms with E-state index in [1.165, 1.54) is 25.7 Å². The summed E-state index contributed by atoms with van der Waals surface area (Å²) in [4.78, 5) is 14.2. The van der Waals surface area contributed by atoms with Crippen molar-refractivity contribution >= 4 is 46.8 Å². The molecule has 1 aliphatic carbocycles. The number of benzene rings is 1. The summed E-state index contributed by atoms with van der Waals surface area (Å²) in [7, 11) is 0. The molecule has 1 unspecified atom stereocenters. The van der Waals surface area contributed by atoms with Crippen molar-refractivity contribution in [2.24, 2.45) is 21.4 Å². The molecule has 2 fully saturated rings. The Morgan fingerprint density at radius 1 is 1.27 bits per heavy atom. The molecular formula is C28H41N7OS. The van der Waals surface area contributed by atoms with Gasteiger partial charge in [0.1, 0.15) is 11.5 Å². The van der Waals surface area contributed by atoms with E-state index < -0.39 is 6.10 Å². The number of aliphatic hydroxyl groups excluding tert-OH is 1. The van der Waals surface area contributed by atoms with Gasteiger partial charge in [0, 0.05) is 38.1 Å². The van der Waals surface area contributed by atoms with Gasteiger partial charge in [0.05, 0.1) is 29.4 Å². The van der Waals surface area contributed by atoms with E-state index in [9.17, 15) is 5.11 Å². The van der Waals surface area contributed by atoms with Crippen molar-refractivity contribution in [3.63, 3.8) is 0 Å². The van der Waals surface area contributed by atoms with Gasteiger partial charge in [-0.2, -0.15) is 5.10 Å². The van der Waals surface area contributed by atoms with E-state index >= 15 is 0 Å². The highest BCUT2D eigenvalue weighted by Crippen LogP contribution is 2.54. The van der Waals surface area contributed by atoms with Crippen molar-refractivity contribution in [1.29, 1.82) is 0 Å². The largest absolute Gasteiger partial charge is 0.392 e. The molecule has 0 amide bonds. The van der Waals surface area contributed by atoms with Crippen LogP contribution in [0.3, 0.4) is 0 Å². The van der Waals surface area contributed by atoms with Crippen LogP contribution < -0.4 is 20.4 Å². The maximum absolute atomic E-state index is 9.99. The molecule has 1 aromatic heterocycles. The molecule has 37 heavy (non-hydrogen) atoms. The zero-order chi connectivity index (χ0) is 26.3. The highest BCUT2D eigenvalue weighted by molar-refractivity contribution is 7.99. The molecule has 9 heteroatoms. The molecule has 0 bridgehead atoms. The average Bonchev–Trinajstić information content (AvgIpc) is 3.66. The molecule has 8 nitrogen and oxygen atoms in total. The molecule has 1 atom stereocenters.